The molecular weight excluding hydrogens is 264 g/mol. The van der Waals surface area contributed by atoms with E-state index in [1.165, 1.54) is 6.42 Å². The highest BCUT2D eigenvalue weighted by molar-refractivity contribution is 5.28. The van der Waals surface area contributed by atoms with Crippen LogP contribution in [0.5, 0.6) is 5.75 Å². The van der Waals surface area contributed by atoms with Crippen LogP contribution < -0.4 is 10.5 Å². The minimum Gasteiger partial charge on any atom is -0.491 e. The summed E-state index contributed by atoms with van der Waals surface area (Å²) in [7, 11) is 0. The standard InChI is InChI=1S/C17H28N2O2/c1-13(2)15-6-7-19(10-15)11-16(20)12-21-17-5-3-4-14(8-17)9-18/h3-5,8,13,15-16,20H,6-7,9-12,18H2,1-2H3. The predicted molar refractivity (Wildman–Crippen MR) is 85.2 cm³/mol. The smallest absolute Gasteiger partial charge is 0.119 e. The Bertz CT molecular complexity index is 437. The summed E-state index contributed by atoms with van der Waals surface area (Å²) < 4.78 is 5.66. The second kappa shape index (κ2) is 7.78. The van der Waals surface area contributed by atoms with Crippen molar-refractivity contribution < 1.29 is 9.84 Å². The van der Waals surface area contributed by atoms with Gasteiger partial charge in [-0.3, -0.25) is 0 Å². The zero-order valence-electron chi connectivity index (χ0n) is 13.2. The van der Waals surface area contributed by atoms with E-state index < -0.39 is 6.10 Å². The van der Waals surface area contributed by atoms with E-state index in [9.17, 15) is 5.11 Å². The summed E-state index contributed by atoms with van der Waals surface area (Å²) in [5.74, 6) is 2.26. The molecule has 1 aromatic rings. The molecule has 0 aliphatic carbocycles. The van der Waals surface area contributed by atoms with Gasteiger partial charge in [0.1, 0.15) is 18.5 Å². The number of β-amino-alcohol motifs (C(OH)–C–C–N with tert-alkyl or cyclic N) is 1. The lowest BCUT2D eigenvalue weighted by Crippen LogP contribution is -2.34. The maximum atomic E-state index is 10.1. The Hall–Kier alpha value is -1.10. The van der Waals surface area contributed by atoms with Crippen molar-refractivity contribution in [1.29, 1.82) is 0 Å². The predicted octanol–water partition coefficient (Wildman–Crippen LogP) is 1.86. The molecule has 4 heteroatoms. The van der Waals surface area contributed by atoms with Gasteiger partial charge >= 0.3 is 0 Å². The molecule has 0 bridgehead atoms. The van der Waals surface area contributed by atoms with Crippen LogP contribution >= 0.6 is 0 Å². The van der Waals surface area contributed by atoms with Gasteiger partial charge in [-0.1, -0.05) is 26.0 Å². The van der Waals surface area contributed by atoms with Gasteiger partial charge in [0.2, 0.25) is 0 Å². The number of hydrogen-bond donors (Lipinski definition) is 2. The van der Waals surface area contributed by atoms with Crippen molar-refractivity contribution >= 4 is 0 Å². The van der Waals surface area contributed by atoms with Crippen LogP contribution in [0.3, 0.4) is 0 Å². The number of benzene rings is 1. The highest BCUT2D eigenvalue weighted by atomic mass is 16.5. The van der Waals surface area contributed by atoms with Crippen molar-refractivity contribution in [2.45, 2.75) is 32.9 Å². The minimum atomic E-state index is -0.447. The Kier molecular flexibility index (Phi) is 6.03. The van der Waals surface area contributed by atoms with Gasteiger partial charge in [0.05, 0.1) is 0 Å². The summed E-state index contributed by atoms with van der Waals surface area (Å²) in [5.41, 5.74) is 6.65. The summed E-state index contributed by atoms with van der Waals surface area (Å²) in [4.78, 5) is 2.34. The van der Waals surface area contributed by atoms with Crippen LogP contribution in [-0.2, 0) is 6.54 Å². The SMILES string of the molecule is CC(C)C1CCN(CC(O)COc2cccc(CN)c2)C1. The largest absolute Gasteiger partial charge is 0.491 e. The van der Waals surface area contributed by atoms with Gasteiger partial charge in [-0.15, -0.1) is 0 Å². The van der Waals surface area contributed by atoms with Crippen LogP contribution in [0.1, 0.15) is 25.8 Å². The summed E-state index contributed by atoms with van der Waals surface area (Å²) in [6, 6.07) is 7.73. The molecule has 4 nitrogen and oxygen atoms in total. The molecule has 0 saturated carbocycles. The van der Waals surface area contributed by atoms with Crippen LogP contribution in [0.4, 0.5) is 0 Å². The molecule has 1 aromatic carbocycles. The van der Waals surface area contributed by atoms with Gasteiger partial charge in [0.15, 0.2) is 0 Å². The van der Waals surface area contributed by atoms with Gasteiger partial charge in [-0.05, 0) is 42.5 Å². The molecule has 0 spiro atoms. The third kappa shape index (κ3) is 4.99. The highest BCUT2D eigenvalue weighted by Gasteiger charge is 2.26. The number of hydrogen-bond acceptors (Lipinski definition) is 4. The molecular formula is C17H28N2O2. The monoisotopic (exact) mass is 292 g/mol. The lowest BCUT2D eigenvalue weighted by Gasteiger charge is -2.21. The second-order valence-electron chi connectivity index (χ2n) is 6.37. The fourth-order valence-corrected chi connectivity index (χ4v) is 2.88. The average Bonchev–Trinajstić information content (AvgIpc) is 2.94. The normalized spacial score (nSPS) is 20.9. The van der Waals surface area contributed by atoms with Crippen molar-refractivity contribution in [3.8, 4) is 5.75 Å². The first-order valence-corrected chi connectivity index (χ1v) is 7.90. The number of likely N-dealkylation sites (tertiary alicyclic amines) is 1. The first kappa shape index (κ1) is 16.3. The topological polar surface area (TPSA) is 58.7 Å². The zero-order chi connectivity index (χ0) is 15.2. The van der Waals surface area contributed by atoms with E-state index in [0.717, 1.165) is 36.2 Å². The van der Waals surface area contributed by atoms with Crippen molar-refractivity contribution in [2.24, 2.45) is 17.6 Å². The van der Waals surface area contributed by atoms with Crippen LogP contribution in [0.15, 0.2) is 24.3 Å². The average molecular weight is 292 g/mol. The quantitative estimate of drug-likeness (QED) is 0.805. The molecule has 3 N–H and O–H groups in total. The first-order chi connectivity index (χ1) is 10.1. The molecule has 0 aromatic heterocycles. The van der Waals surface area contributed by atoms with E-state index in [0.29, 0.717) is 19.7 Å². The molecule has 1 heterocycles. The summed E-state index contributed by atoms with van der Waals surface area (Å²) in [6.07, 6.45) is 0.793. The van der Waals surface area contributed by atoms with Gasteiger partial charge in [0, 0.05) is 19.6 Å². The molecule has 1 fully saturated rings. The molecule has 1 aliphatic rings. The molecule has 2 rings (SSSR count). The fraction of sp³-hybridized carbons (Fsp3) is 0.647. The third-order valence-corrected chi connectivity index (χ3v) is 4.30. The van der Waals surface area contributed by atoms with E-state index in [1.807, 2.05) is 24.3 Å². The van der Waals surface area contributed by atoms with Crippen LogP contribution in [0, 0.1) is 11.8 Å². The molecule has 1 aliphatic heterocycles. The van der Waals surface area contributed by atoms with Crippen molar-refractivity contribution in [3.63, 3.8) is 0 Å². The summed E-state index contributed by atoms with van der Waals surface area (Å²) >= 11 is 0. The zero-order valence-corrected chi connectivity index (χ0v) is 13.2. The molecule has 21 heavy (non-hydrogen) atoms. The molecule has 2 atom stereocenters. The van der Waals surface area contributed by atoms with Gasteiger partial charge in [-0.25, -0.2) is 0 Å². The summed E-state index contributed by atoms with van der Waals surface area (Å²) in [6.45, 7) is 8.26. The number of rotatable bonds is 7. The van der Waals surface area contributed by atoms with Crippen LogP contribution in [0.25, 0.3) is 0 Å². The van der Waals surface area contributed by atoms with E-state index in [2.05, 4.69) is 18.7 Å². The Morgan fingerprint density at radius 3 is 2.90 bits per heavy atom. The fourth-order valence-electron chi connectivity index (χ4n) is 2.88. The third-order valence-electron chi connectivity index (χ3n) is 4.30. The molecule has 1 saturated heterocycles. The number of nitrogens with zero attached hydrogens (tertiary/aromatic N) is 1. The Labute approximate surface area is 127 Å². The van der Waals surface area contributed by atoms with E-state index in [1.54, 1.807) is 0 Å². The Morgan fingerprint density at radius 2 is 2.24 bits per heavy atom. The van der Waals surface area contributed by atoms with E-state index in [-0.39, 0.29) is 0 Å². The summed E-state index contributed by atoms with van der Waals surface area (Å²) in [5, 5.41) is 10.1. The second-order valence-corrected chi connectivity index (χ2v) is 6.37. The maximum absolute atomic E-state index is 10.1. The number of nitrogens with two attached hydrogens (primary N) is 1. The van der Waals surface area contributed by atoms with E-state index >= 15 is 0 Å². The van der Waals surface area contributed by atoms with E-state index in [4.69, 9.17) is 10.5 Å². The number of ether oxygens (including phenoxy) is 1. The lowest BCUT2D eigenvalue weighted by atomic mass is 9.95. The van der Waals surface area contributed by atoms with Crippen molar-refractivity contribution in [2.75, 3.05) is 26.2 Å². The van der Waals surface area contributed by atoms with Crippen LogP contribution in [-0.4, -0.2) is 42.4 Å². The number of aliphatic hydroxyl groups is 1. The highest BCUT2D eigenvalue weighted by Crippen LogP contribution is 2.23. The lowest BCUT2D eigenvalue weighted by molar-refractivity contribution is 0.0740. The minimum absolute atomic E-state index is 0.330. The van der Waals surface area contributed by atoms with Gasteiger partial charge in [0.25, 0.3) is 0 Å². The Balaban J connectivity index is 1.73. The molecule has 0 radical (unpaired) electrons. The van der Waals surface area contributed by atoms with Crippen molar-refractivity contribution in [1.82, 2.24) is 4.90 Å². The maximum Gasteiger partial charge on any atom is 0.119 e. The van der Waals surface area contributed by atoms with Crippen LogP contribution in [0.2, 0.25) is 0 Å². The molecule has 2 unspecified atom stereocenters. The van der Waals surface area contributed by atoms with Crippen molar-refractivity contribution in [3.05, 3.63) is 29.8 Å². The molecule has 118 valence electrons. The van der Waals surface area contributed by atoms with Gasteiger partial charge < -0.3 is 20.5 Å². The first-order valence-electron chi connectivity index (χ1n) is 7.90. The number of aliphatic hydroxyl groups excluding tert-OH is 1. The molecule has 0 amide bonds. The Morgan fingerprint density at radius 1 is 1.43 bits per heavy atom. The van der Waals surface area contributed by atoms with Gasteiger partial charge in [-0.2, -0.15) is 0 Å².